The van der Waals surface area contributed by atoms with Crippen LogP contribution in [0.2, 0.25) is 0 Å². The number of pyridine rings is 1. The van der Waals surface area contributed by atoms with Crippen LogP contribution in [0.1, 0.15) is 16.9 Å². The Labute approximate surface area is 161 Å². The van der Waals surface area contributed by atoms with Crippen molar-refractivity contribution in [1.29, 1.82) is 0 Å². The number of hydrogen-bond acceptors (Lipinski definition) is 6. The highest BCUT2D eigenvalue weighted by atomic mass is 32.1. The highest BCUT2D eigenvalue weighted by Crippen LogP contribution is 2.30. The second-order valence-corrected chi connectivity index (χ2v) is 6.29. The number of amides is 1. The summed E-state index contributed by atoms with van der Waals surface area (Å²) in [6.45, 7) is 0.183. The van der Waals surface area contributed by atoms with E-state index in [0.717, 1.165) is 41.9 Å². The first-order chi connectivity index (χ1) is 13.5. The van der Waals surface area contributed by atoms with E-state index in [1.807, 2.05) is 0 Å². The molecular weight excluding hydrogens is 395 g/mol. The van der Waals surface area contributed by atoms with Crippen LogP contribution in [0.25, 0.3) is 11.3 Å². The van der Waals surface area contributed by atoms with Gasteiger partial charge in [-0.1, -0.05) is 6.07 Å². The third kappa shape index (κ3) is 4.29. The monoisotopic (exact) mass is 409 g/mol. The van der Waals surface area contributed by atoms with Crippen LogP contribution in [0.4, 0.5) is 18.9 Å². The molecule has 0 unspecified atom stereocenters. The minimum Gasteiger partial charge on any atom is -0.481 e. The molecule has 0 saturated heterocycles. The summed E-state index contributed by atoms with van der Waals surface area (Å²) in [6, 6.07) is 5.09. The topological polar surface area (TPSA) is 84.3 Å². The highest BCUT2D eigenvalue weighted by molar-refractivity contribution is 7.08. The van der Waals surface area contributed by atoms with Gasteiger partial charge in [0.05, 0.1) is 18.4 Å². The van der Waals surface area contributed by atoms with Crippen LogP contribution in [-0.4, -0.2) is 33.6 Å². The van der Waals surface area contributed by atoms with E-state index in [0.29, 0.717) is 11.5 Å². The number of nitrogens with one attached hydrogen (secondary N) is 1. The zero-order chi connectivity index (χ0) is 20.1. The zero-order valence-electron chi connectivity index (χ0n) is 14.3. The largest absolute Gasteiger partial charge is 0.481 e. The van der Waals surface area contributed by atoms with Crippen molar-refractivity contribution in [2.24, 2.45) is 0 Å². The zero-order valence-corrected chi connectivity index (χ0v) is 15.1. The van der Waals surface area contributed by atoms with E-state index in [2.05, 4.69) is 14.7 Å². The van der Waals surface area contributed by atoms with Gasteiger partial charge >= 0.3 is 0 Å². The number of benzene rings is 1. The first-order valence-electron chi connectivity index (χ1n) is 8.12. The lowest BCUT2D eigenvalue weighted by Gasteiger charge is -2.09. The number of nitrogens with zero attached hydrogens (tertiary/aromatic N) is 2. The van der Waals surface area contributed by atoms with Crippen LogP contribution < -0.4 is 10.1 Å². The van der Waals surface area contributed by atoms with Gasteiger partial charge < -0.3 is 15.2 Å². The van der Waals surface area contributed by atoms with Gasteiger partial charge in [-0.2, -0.15) is 4.37 Å². The Morgan fingerprint density at radius 2 is 1.89 bits per heavy atom. The second-order valence-electron chi connectivity index (χ2n) is 5.53. The smallest absolute Gasteiger partial charge is 0.274 e. The molecule has 10 heteroatoms. The molecule has 0 aliphatic carbocycles. The number of ether oxygens (including phenoxy) is 1. The van der Waals surface area contributed by atoms with Gasteiger partial charge in [0, 0.05) is 24.6 Å². The Balaban J connectivity index is 1.85. The summed E-state index contributed by atoms with van der Waals surface area (Å²) >= 11 is 0.995. The van der Waals surface area contributed by atoms with Gasteiger partial charge in [0.1, 0.15) is 34.5 Å². The summed E-state index contributed by atoms with van der Waals surface area (Å²) in [5.41, 5.74) is -1.24. The lowest BCUT2D eigenvalue weighted by atomic mass is 10.1. The molecule has 2 N–H and O–H groups in total. The van der Waals surface area contributed by atoms with E-state index in [9.17, 15) is 18.0 Å². The van der Waals surface area contributed by atoms with Crippen LogP contribution in [0.5, 0.6) is 5.06 Å². The van der Waals surface area contributed by atoms with E-state index in [1.165, 1.54) is 6.20 Å². The van der Waals surface area contributed by atoms with Crippen LogP contribution in [0.3, 0.4) is 0 Å². The lowest BCUT2D eigenvalue weighted by Crippen LogP contribution is -2.15. The van der Waals surface area contributed by atoms with E-state index in [4.69, 9.17) is 9.84 Å². The first-order valence-corrected chi connectivity index (χ1v) is 8.89. The maximum Gasteiger partial charge on any atom is 0.274 e. The fourth-order valence-corrected chi connectivity index (χ4v) is 2.89. The number of aliphatic hydroxyl groups is 1. The lowest BCUT2D eigenvalue weighted by molar-refractivity contribution is 0.102. The summed E-state index contributed by atoms with van der Waals surface area (Å²) in [5, 5.41) is 11.6. The average molecular weight is 409 g/mol. The minimum absolute atomic E-state index is 0.0463. The van der Waals surface area contributed by atoms with E-state index in [-0.39, 0.29) is 24.6 Å². The minimum atomic E-state index is -0.995. The fraction of sp³-hybridized carbons (Fsp3) is 0.167. The Morgan fingerprint density at radius 3 is 2.61 bits per heavy atom. The van der Waals surface area contributed by atoms with Gasteiger partial charge in [-0.05, 0) is 24.3 Å². The van der Waals surface area contributed by atoms with Gasteiger partial charge in [0.15, 0.2) is 0 Å². The van der Waals surface area contributed by atoms with Crippen LogP contribution in [0, 0.1) is 17.5 Å². The molecule has 0 atom stereocenters. The van der Waals surface area contributed by atoms with Gasteiger partial charge in [-0.25, -0.2) is 18.2 Å². The summed E-state index contributed by atoms with van der Waals surface area (Å²) in [4.78, 5) is 16.2. The average Bonchev–Trinajstić information content (AvgIpc) is 3.10. The molecule has 146 valence electrons. The van der Waals surface area contributed by atoms with E-state index in [1.54, 1.807) is 0 Å². The van der Waals surface area contributed by atoms with E-state index >= 15 is 0 Å². The van der Waals surface area contributed by atoms with Crippen molar-refractivity contribution >= 4 is 23.1 Å². The molecule has 1 amide bonds. The Hall–Kier alpha value is -2.98. The Kier molecular flexibility index (Phi) is 6.22. The maximum atomic E-state index is 14.1. The molecule has 0 aliphatic rings. The highest BCUT2D eigenvalue weighted by Gasteiger charge is 2.20. The summed E-state index contributed by atoms with van der Waals surface area (Å²) in [5.74, 6) is -3.69. The van der Waals surface area contributed by atoms with Crippen molar-refractivity contribution in [1.82, 2.24) is 9.36 Å². The Bertz CT molecular complexity index is 977. The predicted octanol–water partition coefficient (Wildman–Crippen LogP) is 3.64. The number of halogens is 3. The summed E-state index contributed by atoms with van der Waals surface area (Å²) in [6.07, 6.45) is 1.76. The molecule has 6 nitrogen and oxygen atoms in total. The quantitative estimate of drug-likeness (QED) is 0.582. The van der Waals surface area contributed by atoms with Crippen LogP contribution in [-0.2, 0) is 0 Å². The predicted molar refractivity (Wildman–Crippen MR) is 96.8 cm³/mol. The molecule has 0 fully saturated rings. The van der Waals surface area contributed by atoms with Crippen LogP contribution in [0.15, 0.2) is 36.5 Å². The molecule has 0 saturated carbocycles. The first kappa shape index (κ1) is 19.8. The number of aromatic nitrogens is 2. The summed E-state index contributed by atoms with van der Waals surface area (Å²) in [7, 11) is 0. The van der Waals surface area contributed by atoms with Crippen molar-refractivity contribution in [3.63, 3.8) is 0 Å². The van der Waals surface area contributed by atoms with Gasteiger partial charge in [-0.15, -0.1) is 0 Å². The SMILES string of the molecule is O=C(Nc1cnsc1OCCCO)c1ccc(F)c(-c2c(F)cccc2F)n1. The molecule has 0 bridgehead atoms. The van der Waals surface area contributed by atoms with Crippen molar-refractivity contribution in [3.8, 4) is 16.3 Å². The van der Waals surface area contributed by atoms with Crippen molar-refractivity contribution in [2.75, 3.05) is 18.5 Å². The number of rotatable bonds is 7. The molecule has 2 heterocycles. The van der Waals surface area contributed by atoms with Gasteiger partial charge in [0.25, 0.3) is 5.91 Å². The van der Waals surface area contributed by atoms with Crippen molar-refractivity contribution in [3.05, 3.63) is 59.7 Å². The van der Waals surface area contributed by atoms with Crippen LogP contribution >= 0.6 is 11.5 Å². The number of aliphatic hydroxyl groups excluding tert-OH is 1. The third-order valence-corrected chi connectivity index (χ3v) is 4.31. The number of hydrogen-bond donors (Lipinski definition) is 2. The van der Waals surface area contributed by atoms with Gasteiger partial charge in [-0.3, -0.25) is 4.79 Å². The number of carbonyl (C=O) groups excluding carboxylic acids is 1. The molecule has 0 aliphatic heterocycles. The molecule has 28 heavy (non-hydrogen) atoms. The molecule has 2 aromatic heterocycles. The van der Waals surface area contributed by atoms with Crippen molar-refractivity contribution < 1.29 is 27.8 Å². The van der Waals surface area contributed by atoms with Gasteiger partial charge in [0.2, 0.25) is 5.06 Å². The van der Waals surface area contributed by atoms with E-state index < -0.39 is 34.6 Å². The number of anilines is 1. The molecule has 3 rings (SSSR count). The second kappa shape index (κ2) is 8.81. The van der Waals surface area contributed by atoms with Crippen molar-refractivity contribution in [2.45, 2.75) is 6.42 Å². The molecule has 0 spiro atoms. The molecule has 3 aromatic rings. The standard InChI is InChI=1S/C18H14F3N3O3S/c19-10-3-1-4-11(20)15(10)16-12(21)5-6-13(23-16)17(26)24-14-9-22-28-18(14)27-8-2-7-25/h1,3-6,9,25H,2,7-8H2,(H,24,26). The molecular formula is C18H14F3N3O3S. The molecule has 0 radical (unpaired) electrons. The maximum absolute atomic E-state index is 14.1. The molecule has 1 aromatic carbocycles. The third-order valence-electron chi connectivity index (χ3n) is 3.60. The Morgan fingerprint density at radius 1 is 1.14 bits per heavy atom. The fourth-order valence-electron chi connectivity index (χ4n) is 2.30. The summed E-state index contributed by atoms with van der Waals surface area (Å²) < 4.78 is 51.4. The normalized spacial score (nSPS) is 10.7. The number of carbonyl (C=O) groups is 1.